The van der Waals surface area contributed by atoms with Crippen LogP contribution in [0.3, 0.4) is 0 Å². The van der Waals surface area contributed by atoms with Gasteiger partial charge in [-0.15, -0.1) is 0 Å². The lowest BCUT2D eigenvalue weighted by atomic mass is 9.91. The molecule has 0 spiro atoms. The Morgan fingerprint density at radius 2 is 1.82 bits per heavy atom. The topological polar surface area (TPSA) is 131 Å². The van der Waals surface area contributed by atoms with E-state index in [1.807, 2.05) is 11.0 Å². The number of nitrogens with one attached hydrogen (secondary N) is 1. The number of aromatic hydroxyl groups is 1. The molecule has 1 saturated heterocycles. The first-order valence-corrected chi connectivity index (χ1v) is 12.8. The van der Waals surface area contributed by atoms with E-state index < -0.39 is 17.5 Å². The predicted octanol–water partition coefficient (Wildman–Crippen LogP) is 5.51. The number of halogens is 1. The number of phenolic OH excluding ortho intramolecular Hbond substituents is 1. The van der Waals surface area contributed by atoms with Crippen molar-refractivity contribution in [2.24, 2.45) is 0 Å². The summed E-state index contributed by atoms with van der Waals surface area (Å²) in [6, 6.07) is 13.0. The second-order valence-corrected chi connectivity index (χ2v) is 10.5. The Morgan fingerprint density at radius 3 is 2.40 bits per heavy atom. The van der Waals surface area contributed by atoms with Crippen LogP contribution in [-0.2, 0) is 4.74 Å². The van der Waals surface area contributed by atoms with Gasteiger partial charge >= 0.3 is 6.09 Å². The Hall–Kier alpha value is -4.83. The summed E-state index contributed by atoms with van der Waals surface area (Å²) in [5, 5.41) is 32.9. The number of alkyl carbamates (subject to hydrolysis) is 1. The average Bonchev–Trinajstić information content (AvgIpc) is 2.91. The molecule has 2 heterocycles. The molecule has 0 atom stereocenters. The fraction of sp³-hybridized carbons (Fsp3) is 0.333. The number of phenols is 1. The van der Waals surface area contributed by atoms with Crippen molar-refractivity contribution in [3.8, 4) is 45.9 Å². The van der Waals surface area contributed by atoms with Crippen molar-refractivity contribution in [1.29, 1.82) is 10.5 Å². The molecule has 0 saturated carbocycles. The van der Waals surface area contributed by atoms with Gasteiger partial charge in [-0.25, -0.2) is 14.2 Å². The van der Waals surface area contributed by atoms with Crippen LogP contribution >= 0.6 is 0 Å². The van der Waals surface area contributed by atoms with E-state index in [4.69, 9.17) is 9.47 Å². The Kier molecular flexibility index (Phi) is 8.11. The summed E-state index contributed by atoms with van der Waals surface area (Å²) in [4.78, 5) is 18.8. The molecule has 0 radical (unpaired) electrons. The van der Waals surface area contributed by atoms with Gasteiger partial charge in [0.25, 0.3) is 0 Å². The third-order valence-corrected chi connectivity index (χ3v) is 6.55. The molecule has 3 aromatic rings. The Bertz CT molecular complexity index is 1510. The van der Waals surface area contributed by atoms with Crippen LogP contribution in [0, 0.1) is 28.5 Å². The molecule has 0 aliphatic carbocycles. The van der Waals surface area contributed by atoms with Crippen LogP contribution in [0.25, 0.3) is 22.3 Å². The number of carbonyl (C=O) groups is 1. The van der Waals surface area contributed by atoms with Crippen LogP contribution in [0.15, 0.2) is 42.6 Å². The Labute approximate surface area is 232 Å². The van der Waals surface area contributed by atoms with E-state index in [-0.39, 0.29) is 28.7 Å². The number of ether oxygens (including phenoxy) is 2. The summed E-state index contributed by atoms with van der Waals surface area (Å²) in [6.07, 6.45) is 2.34. The van der Waals surface area contributed by atoms with Crippen molar-refractivity contribution in [3.05, 3.63) is 59.5 Å². The average molecular weight is 544 g/mol. The molecule has 10 heteroatoms. The first-order valence-electron chi connectivity index (χ1n) is 12.8. The number of methoxy groups -OCH3 is 1. The lowest BCUT2D eigenvalue weighted by molar-refractivity contribution is 0.0497. The molecule has 1 aromatic heterocycles. The number of pyridine rings is 1. The first-order chi connectivity index (χ1) is 19.0. The van der Waals surface area contributed by atoms with Crippen molar-refractivity contribution >= 4 is 11.9 Å². The number of anilines is 1. The minimum atomic E-state index is -0.709. The van der Waals surface area contributed by atoms with E-state index in [1.54, 1.807) is 45.2 Å². The van der Waals surface area contributed by atoms with E-state index in [1.165, 1.54) is 25.3 Å². The number of amides is 1. The van der Waals surface area contributed by atoms with E-state index in [9.17, 15) is 24.8 Å². The largest absolute Gasteiger partial charge is 0.504 e. The van der Waals surface area contributed by atoms with Crippen LogP contribution < -0.4 is 15.0 Å². The monoisotopic (exact) mass is 543 g/mol. The molecule has 0 bridgehead atoms. The van der Waals surface area contributed by atoms with E-state index in [0.29, 0.717) is 54.0 Å². The van der Waals surface area contributed by atoms with Crippen molar-refractivity contribution in [3.63, 3.8) is 0 Å². The van der Waals surface area contributed by atoms with Gasteiger partial charge in [0, 0.05) is 36.5 Å². The summed E-state index contributed by atoms with van der Waals surface area (Å²) in [6.45, 7) is 6.45. The lowest BCUT2D eigenvalue weighted by Crippen LogP contribution is -2.46. The fourth-order valence-electron chi connectivity index (χ4n) is 4.69. The van der Waals surface area contributed by atoms with E-state index in [0.717, 1.165) is 0 Å². The van der Waals surface area contributed by atoms with Gasteiger partial charge in [-0.2, -0.15) is 10.5 Å². The zero-order chi connectivity index (χ0) is 29.0. The molecule has 9 nitrogen and oxygen atoms in total. The third-order valence-electron chi connectivity index (χ3n) is 6.55. The van der Waals surface area contributed by atoms with Crippen LogP contribution in [-0.4, -0.2) is 48.0 Å². The molecule has 1 fully saturated rings. The maximum absolute atomic E-state index is 14.7. The molecule has 4 rings (SSSR count). The molecule has 1 aliphatic heterocycles. The van der Waals surface area contributed by atoms with Gasteiger partial charge in [-0.1, -0.05) is 12.1 Å². The highest BCUT2D eigenvalue weighted by molar-refractivity contribution is 5.90. The molecular weight excluding hydrogens is 513 g/mol. The van der Waals surface area contributed by atoms with Crippen molar-refractivity contribution in [2.75, 3.05) is 25.1 Å². The Balaban J connectivity index is 1.73. The van der Waals surface area contributed by atoms with Crippen LogP contribution in [0.2, 0.25) is 0 Å². The van der Waals surface area contributed by atoms with Crippen molar-refractivity contribution < 1.29 is 23.8 Å². The molecule has 1 amide bonds. The summed E-state index contributed by atoms with van der Waals surface area (Å²) >= 11 is 0. The maximum atomic E-state index is 14.7. The zero-order valence-corrected chi connectivity index (χ0v) is 22.8. The van der Waals surface area contributed by atoms with Gasteiger partial charge in [0.2, 0.25) is 0 Å². The summed E-state index contributed by atoms with van der Waals surface area (Å²) in [7, 11) is 1.44. The maximum Gasteiger partial charge on any atom is 0.407 e. The number of benzene rings is 2. The molecular formula is C30H30FN5O4. The second kappa shape index (κ2) is 11.5. The normalized spacial score (nSPS) is 13.7. The lowest BCUT2D eigenvalue weighted by Gasteiger charge is -2.34. The minimum Gasteiger partial charge on any atom is -0.504 e. The Morgan fingerprint density at radius 1 is 1.12 bits per heavy atom. The second-order valence-electron chi connectivity index (χ2n) is 10.5. The molecule has 0 unspecified atom stereocenters. The number of rotatable bonds is 5. The van der Waals surface area contributed by atoms with Crippen molar-refractivity contribution in [1.82, 2.24) is 10.3 Å². The number of nitriles is 2. The van der Waals surface area contributed by atoms with E-state index in [2.05, 4.69) is 16.4 Å². The van der Waals surface area contributed by atoms with Gasteiger partial charge in [0.15, 0.2) is 11.5 Å². The number of piperidine rings is 1. The smallest absolute Gasteiger partial charge is 0.407 e. The quantitative estimate of drug-likeness (QED) is 0.431. The van der Waals surface area contributed by atoms with Gasteiger partial charge in [0.1, 0.15) is 34.9 Å². The summed E-state index contributed by atoms with van der Waals surface area (Å²) < 4.78 is 25.3. The van der Waals surface area contributed by atoms with Gasteiger partial charge in [0.05, 0.1) is 12.7 Å². The molecule has 40 heavy (non-hydrogen) atoms. The number of aromatic nitrogens is 1. The van der Waals surface area contributed by atoms with Crippen LogP contribution in [0.1, 0.15) is 44.7 Å². The number of carbonyl (C=O) groups excluding carboxylic acids is 1. The third kappa shape index (κ3) is 6.08. The first kappa shape index (κ1) is 28.2. The highest BCUT2D eigenvalue weighted by Crippen LogP contribution is 2.41. The summed E-state index contributed by atoms with van der Waals surface area (Å²) in [5.74, 6) is -0.0963. The zero-order valence-electron chi connectivity index (χ0n) is 22.8. The predicted molar refractivity (Wildman–Crippen MR) is 147 cm³/mol. The fourth-order valence-corrected chi connectivity index (χ4v) is 4.69. The summed E-state index contributed by atoms with van der Waals surface area (Å²) in [5.41, 5.74) is 1.39. The molecule has 1 aliphatic rings. The highest BCUT2D eigenvalue weighted by Gasteiger charge is 2.28. The number of hydrogen-bond donors (Lipinski definition) is 2. The highest BCUT2D eigenvalue weighted by atomic mass is 19.1. The van der Waals surface area contributed by atoms with E-state index >= 15 is 0 Å². The number of hydrogen-bond acceptors (Lipinski definition) is 8. The molecule has 2 aromatic carbocycles. The van der Waals surface area contributed by atoms with Crippen molar-refractivity contribution in [2.45, 2.75) is 45.3 Å². The van der Waals surface area contributed by atoms with Gasteiger partial charge < -0.3 is 24.8 Å². The van der Waals surface area contributed by atoms with Gasteiger partial charge in [-0.05, 0) is 69.0 Å². The molecule has 2 N–H and O–H groups in total. The SMILES string of the molecule is COc1ccc(-c2cnc(N3CCC(NC(=O)OC(C)(C)C)CC3)c(C#N)c2-c2ccc(C#N)c(F)c2)cc1O. The molecule has 206 valence electrons. The van der Waals surface area contributed by atoms with Crippen LogP contribution in [0.5, 0.6) is 11.5 Å². The number of nitrogens with zero attached hydrogens (tertiary/aromatic N) is 4. The minimum absolute atomic E-state index is 0.0923. The van der Waals surface area contributed by atoms with Crippen LogP contribution in [0.4, 0.5) is 15.0 Å². The van der Waals surface area contributed by atoms with Gasteiger partial charge in [-0.3, -0.25) is 0 Å². The standard InChI is InChI=1S/C30H30FN5O4/c1-30(2,3)40-29(38)35-21-9-11-36(12-10-21)28-22(16-33)27(19-5-6-20(15-32)24(31)13-19)23(17-34-28)18-7-8-26(39-4)25(37)14-18/h5-8,13-14,17,21,37H,9-12H2,1-4H3,(H,35,38).